The average molecular weight is 264 g/mol. The Hall–Kier alpha value is -1.09. The molecule has 1 N–H and O–H groups in total. The third-order valence-electron chi connectivity index (χ3n) is 3.04. The van der Waals surface area contributed by atoms with E-state index in [0.29, 0.717) is 6.04 Å². The lowest BCUT2D eigenvalue weighted by atomic mass is 10.2. The normalized spacial score (nSPS) is 11.0. The molecule has 1 heterocycles. The highest BCUT2D eigenvalue weighted by molar-refractivity contribution is 5.29. The smallest absolute Gasteiger partial charge is 0.140 e. The predicted octanol–water partition coefficient (Wildman–Crippen LogP) is 3.50. The number of aromatic nitrogens is 1. The molecule has 0 aliphatic heterocycles. The Balaban J connectivity index is 2.19. The molecule has 19 heavy (non-hydrogen) atoms. The van der Waals surface area contributed by atoms with Crippen molar-refractivity contribution in [2.45, 2.75) is 59.4 Å². The molecule has 1 aromatic rings. The van der Waals surface area contributed by atoms with E-state index in [2.05, 4.69) is 31.1 Å². The van der Waals surface area contributed by atoms with Crippen molar-refractivity contribution >= 4 is 0 Å². The maximum atomic E-state index is 5.83. The van der Waals surface area contributed by atoms with Gasteiger partial charge in [0.25, 0.3) is 0 Å². The van der Waals surface area contributed by atoms with Crippen molar-refractivity contribution in [2.75, 3.05) is 13.2 Å². The van der Waals surface area contributed by atoms with Gasteiger partial charge < -0.3 is 10.1 Å². The second-order valence-electron chi connectivity index (χ2n) is 5.27. The first-order chi connectivity index (χ1) is 9.13. The van der Waals surface area contributed by atoms with Crippen LogP contribution in [0.1, 0.15) is 51.4 Å². The summed E-state index contributed by atoms with van der Waals surface area (Å²) in [5.74, 6) is 0.952. The van der Waals surface area contributed by atoms with Crippen molar-refractivity contribution in [3.05, 3.63) is 23.5 Å². The Labute approximate surface area is 117 Å². The number of hydrogen-bond donors (Lipinski definition) is 1. The molecular formula is C16H28N2O. The third kappa shape index (κ3) is 6.58. The molecule has 0 saturated heterocycles. The molecule has 1 aromatic heterocycles. The van der Waals surface area contributed by atoms with E-state index >= 15 is 0 Å². The van der Waals surface area contributed by atoms with Gasteiger partial charge in [-0.3, -0.25) is 4.98 Å². The van der Waals surface area contributed by atoms with Crippen LogP contribution in [0, 0.1) is 6.92 Å². The standard InChI is InChI=1S/C16H28N2O/c1-5-15-16(10-9-14(4)18-15)19-12-8-6-7-11-17-13(2)3/h9-10,13,17H,5-8,11-12H2,1-4H3. The number of nitrogens with one attached hydrogen (secondary N) is 1. The summed E-state index contributed by atoms with van der Waals surface area (Å²) in [6, 6.07) is 4.64. The molecule has 0 bridgehead atoms. The first kappa shape index (κ1) is 16.0. The van der Waals surface area contributed by atoms with E-state index < -0.39 is 0 Å². The summed E-state index contributed by atoms with van der Waals surface area (Å²) in [7, 11) is 0. The van der Waals surface area contributed by atoms with E-state index in [9.17, 15) is 0 Å². The SMILES string of the molecule is CCc1nc(C)ccc1OCCCCCNC(C)C. The Morgan fingerprint density at radius 2 is 2.00 bits per heavy atom. The van der Waals surface area contributed by atoms with Crippen molar-refractivity contribution < 1.29 is 4.74 Å². The lowest BCUT2D eigenvalue weighted by Crippen LogP contribution is -2.23. The lowest BCUT2D eigenvalue weighted by Gasteiger charge is -2.11. The molecule has 1 rings (SSSR count). The number of pyridine rings is 1. The van der Waals surface area contributed by atoms with Gasteiger partial charge in [-0.15, -0.1) is 0 Å². The molecule has 0 amide bonds. The number of unbranched alkanes of at least 4 members (excludes halogenated alkanes) is 2. The molecular weight excluding hydrogens is 236 g/mol. The Morgan fingerprint density at radius 3 is 2.68 bits per heavy atom. The maximum absolute atomic E-state index is 5.83. The van der Waals surface area contributed by atoms with Gasteiger partial charge >= 0.3 is 0 Å². The maximum Gasteiger partial charge on any atom is 0.140 e. The number of hydrogen-bond acceptors (Lipinski definition) is 3. The quantitative estimate of drug-likeness (QED) is 0.693. The first-order valence-corrected chi connectivity index (χ1v) is 7.46. The van der Waals surface area contributed by atoms with E-state index in [-0.39, 0.29) is 0 Å². The van der Waals surface area contributed by atoms with E-state index in [4.69, 9.17) is 4.74 Å². The van der Waals surface area contributed by atoms with Crippen LogP contribution in [0.25, 0.3) is 0 Å². The largest absolute Gasteiger partial charge is 0.492 e. The molecule has 108 valence electrons. The molecule has 0 radical (unpaired) electrons. The van der Waals surface area contributed by atoms with Crippen LogP contribution in [0.3, 0.4) is 0 Å². The summed E-state index contributed by atoms with van der Waals surface area (Å²) >= 11 is 0. The summed E-state index contributed by atoms with van der Waals surface area (Å²) in [6.45, 7) is 10.4. The Kier molecular flexibility index (Phi) is 7.49. The van der Waals surface area contributed by atoms with Crippen LogP contribution in [-0.4, -0.2) is 24.2 Å². The van der Waals surface area contributed by atoms with E-state index in [1.807, 2.05) is 19.1 Å². The summed E-state index contributed by atoms with van der Waals surface area (Å²) in [4.78, 5) is 4.50. The fourth-order valence-corrected chi connectivity index (χ4v) is 1.96. The van der Waals surface area contributed by atoms with Crippen molar-refractivity contribution in [1.29, 1.82) is 0 Å². The topological polar surface area (TPSA) is 34.1 Å². The number of nitrogens with zero attached hydrogens (tertiary/aromatic N) is 1. The van der Waals surface area contributed by atoms with Crippen molar-refractivity contribution in [3.63, 3.8) is 0 Å². The summed E-state index contributed by atoms with van der Waals surface area (Å²) in [5.41, 5.74) is 2.13. The second kappa shape index (κ2) is 8.92. The fraction of sp³-hybridized carbons (Fsp3) is 0.688. The van der Waals surface area contributed by atoms with E-state index in [1.165, 1.54) is 12.8 Å². The van der Waals surface area contributed by atoms with Gasteiger partial charge in [0.05, 0.1) is 12.3 Å². The van der Waals surface area contributed by atoms with Gasteiger partial charge in [-0.05, 0) is 51.3 Å². The van der Waals surface area contributed by atoms with Crippen LogP contribution < -0.4 is 10.1 Å². The number of ether oxygens (including phenoxy) is 1. The van der Waals surface area contributed by atoms with Gasteiger partial charge in [-0.25, -0.2) is 0 Å². The molecule has 0 atom stereocenters. The number of aryl methyl sites for hydroxylation is 2. The van der Waals surface area contributed by atoms with Crippen molar-refractivity contribution in [3.8, 4) is 5.75 Å². The average Bonchev–Trinajstić information content (AvgIpc) is 2.38. The third-order valence-corrected chi connectivity index (χ3v) is 3.04. The van der Waals surface area contributed by atoms with Gasteiger partial charge in [0, 0.05) is 11.7 Å². The minimum Gasteiger partial charge on any atom is -0.492 e. The van der Waals surface area contributed by atoms with Crippen LogP contribution >= 0.6 is 0 Å². The second-order valence-corrected chi connectivity index (χ2v) is 5.27. The van der Waals surface area contributed by atoms with Crippen molar-refractivity contribution in [2.24, 2.45) is 0 Å². The highest BCUT2D eigenvalue weighted by Crippen LogP contribution is 2.17. The van der Waals surface area contributed by atoms with Gasteiger partial charge in [0.15, 0.2) is 0 Å². The molecule has 0 spiro atoms. The van der Waals surface area contributed by atoms with Crippen LogP contribution in [0.15, 0.2) is 12.1 Å². The van der Waals surface area contributed by atoms with Crippen LogP contribution in [0.5, 0.6) is 5.75 Å². The minimum absolute atomic E-state index is 0.585. The van der Waals surface area contributed by atoms with E-state index in [1.54, 1.807) is 0 Å². The molecule has 0 fully saturated rings. The molecule has 0 saturated carbocycles. The number of rotatable bonds is 9. The van der Waals surface area contributed by atoms with E-state index in [0.717, 1.165) is 43.1 Å². The van der Waals surface area contributed by atoms with Gasteiger partial charge in [-0.2, -0.15) is 0 Å². The zero-order valence-corrected chi connectivity index (χ0v) is 12.8. The highest BCUT2D eigenvalue weighted by Gasteiger charge is 2.03. The summed E-state index contributed by atoms with van der Waals surface area (Å²) in [6.07, 6.45) is 4.46. The van der Waals surface area contributed by atoms with Gasteiger partial charge in [0.2, 0.25) is 0 Å². The van der Waals surface area contributed by atoms with Crippen LogP contribution in [0.2, 0.25) is 0 Å². The van der Waals surface area contributed by atoms with Gasteiger partial charge in [0.1, 0.15) is 5.75 Å². The van der Waals surface area contributed by atoms with Crippen LogP contribution in [-0.2, 0) is 6.42 Å². The van der Waals surface area contributed by atoms with Crippen LogP contribution in [0.4, 0.5) is 0 Å². The zero-order chi connectivity index (χ0) is 14.1. The molecule has 3 heteroatoms. The molecule has 0 aromatic carbocycles. The minimum atomic E-state index is 0.585. The molecule has 0 unspecified atom stereocenters. The monoisotopic (exact) mass is 264 g/mol. The summed E-state index contributed by atoms with van der Waals surface area (Å²) in [5, 5.41) is 3.43. The fourth-order valence-electron chi connectivity index (χ4n) is 1.96. The van der Waals surface area contributed by atoms with Crippen molar-refractivity contribution in [1.82, 2.24) is 10.3 Å². The molecule has 0 aliphatic carbocycles. The zero-order valence-electron chi connectivity index (χ0n) is 12.8. The first-order valence-electron chi connectivity index (χ1n) is 7.46. The Morgan fingerprint density at radius 1 is 1.21 bits per heavy atom. The summed E-state index contributed by atoms with van der Waals surface area (Å²) < 4.78 is 5.83. The Bertz CT molecular complexity index is 364. The van der Waals surface area contributed by atoms with Gasteiger partial charge in [-0.1, -0.05) is 20.8 Å². The molecule has 0 aliphatic rings. The predicted molar refractivity (Wildman–Crippen MR) is 80.8 cm³/mol. The molecule has 3 nitrogen and oxygen atoms in total. The lowest BCUT2D eigenvalue weighted by molar-refractivity contribution is 0.300. The highest BCUT2D eigenvalue weighted by atomic mass is 16.5.